The number of likely N-dealkylation sites (N-methyl/N-ethyl adjacent to an activating group) is 1. The highest BCUT2D eigenvalue weighted by Gasteiger charge is 2.45. The summed E-state index contributed by atoms with van der Waals surface area (Å²) in [5.41, 5.74) is 0.763. The van der Waals surface area contributed by atoms with Gasteiger partial charge in [0.05, 0.1) is 17.3 Å². The molecule has 1 amide bonds. The summed E-state index contributed by atoms with van der Waals surface area (Å²) in [6.07, 6.45) is 7.21. The summed E-state index contributed by atoms with van der Waals surface area (Å²) in [7, 11) is 5.98. The maximum Gasteiger partial charge on any atom is 0.410 e. The van der Waals surface area contributed by atoms with Crippen LogP contribution in [-0.2, 0) is 16.6 Å². The third-order valence-electron chi connectivity index (χ3n) is 10.5. The SMILES string of the molecule is CN(C)/C=N/c1sc2c(c1C#N)[C@@](C)(c1nc(-c3cc(N4CCN(C(=O)OC(C)(C)C)CC4)nc(OC4CCC5CCN(C)C54)n3)no1)CCC2. The van der Waals surface area contributed by atoms with Gasteiger partial charge in [0.2, 0.25) is 11.7 Å². The number of aryl methyl sites for hydroxylation is 1. The summed E-state index contributed by atoms with van der Waals surface area (Å²) in [5.74, 6) is 2.07. The number of anilines is 1. The van der Waals surface area contributed by atoms with Gasteiger partial charge in [-0.25, -0.2) is 9.79 Å². The van der Waals surface area contributed by atoms with Crippen LogP contribution < -0.4 is 9.64 Å². The minimum atomic E-state index is -0.661. The second-order valence-corrected chi connectivity index (χ2v) is 16.7. The highest BCUT2D eigenvalue weighted by Crippen LogP contribution is 2.50. The van der Waals surface area contributed by atoms with Crippen molar-refractivity contribution in [3.05, 3.63) is 28.0 Å². The molecule has 2 saturated heterocycles. The van der Waals surface area contributed by atoms with Crippen molar-refractivity contribution in [3.63, 3.8) is 0 Å². The zero-order valence-corrected chi connectivity index (χ0v) is 31.5. The van der Waals surface area contributed by atoms with Gasteiger partial charge < -0.3 is 28.7 Å². The molecular weight excluding hydrogens is 669 g/mol. The number of nitrogens with zero attached hydrogens (tertiary/aromatic N) is 10. The Balaban J connectivity index is 1.20. The van der Waals surface area contributed by atoms with Crippen molar-refractivity contribution in [1.29, 1.82) is 5.26 Å². The Morgan fingerprint density at radius 1 is 1.16 bits per heavy atom. The molecule has 3 aromatic heterocycles. The van der Waals surface area contributed by atoms with Crippen molar-refractivity contribution in [2.24, 2.45) is 10.9 Å². The van der Waals surface area contributed by atoms with Crippen LogP contribution in [0.5, 0.6) is 6.01 Å². The number of fused-ring (bicyclic) bond motifs is 2. The Hall–Kier alpha value is -4.29. The van der Waals surface area contributed by atoms with Gasteiger partial charge in [0, 0.05) is 62.8 Å². The second kappa shape index (κ2) is 13.7. The number of hydrogen-bond acceptors (Lipinski definition) is 13. The van der Waals surface area contributed by atoms with Gasteiger partial charge in [-0.1, -0.05) is 5.16 Å². The molecular formula is C36H48N10O4S. The Morgan fingerprint density at radius 2 is 1.94 bits per heavy atom. The van der Waals surface area contributed by atoms with Crippen LogP contribution in [0.15, 0.2) is 15.6 Å². The van der Waals surface area contributed by atoms with Crippen molar-refractivity contribution in [2.45, 2.75) is 89.4 Å². The summed E-state index contributed by atoms with van der Waals surface area (Å²) in [5, 5.41) is 15.4. The summed E-state index contributed by atoms with van der Waals surface area (Å²) in [4.78, 5) is 41.4. The molecule has 272 valence electrons. The van der Waals surface area contributed by atoms with E-state index in [1.807, 2.05) is 45.8 Å². The van der Waals surface area contributed by atoms with E-state index < -0.39 is 11.0 Å². The number of rotatable bonds is 7. The maximum absolute atomic E-state index is 12.8. The monoisotopic (exact) mass is 716 g/mol. The van der Waals surface area contributed by atoms with Gasteiger partial charge in [0.25, 0.3) is 0 Å². The number of likely N-dealkylation sites (tertiary alicyclic amines) is 1. The summed E-state index contributed by atoms with van der Waals surface area (Å²) < 4.78 is 18.3. The lowest BCUT2D eigenvalue weighted by molar-refractivity contribution is 0.0240. The predicted molar refractivity (Wildman–Crippen MR) is 194 cm³/mol. The first-order valence-corrected chi connectivity index (χ1v) is 18.7. The van der Waals surface area contributed by atoms with Gasteiger partial charge in [-0.3, -0.25) is 4.90 Å². The molecule has 3 aromatic rings. The number of carbonyl (C=O) groups is 1. The van der Waals surface area contributed by atoms with Crippen LogP contribution in [0, 0.1) is 17.2 Å². The van der Waals surface area contributed by atoms with E-state index in [-0.39, 0.29) is 18.2 Å². The number of nitriles is 1. The van der Waals surface area contributed by atoms with Gasteiger partial charge in [-0.2, -0.15) is 20.2 Å². The average molecular weight is 717 g/mol. The Labute approximate surface area is 303 Å². The molecule has 4 atom stereocenters. The fraction of sp³-hybridized carbons (Fsp3) is 0.639. The number of aliphatic imine (C=N–C) groups is 1. The molecule has 1 saturated carbocycles. The van der Waals surface area contributed by atoms with Crippen LogP contribution in [0.2, 0.25) is 0 Å². The minimum absolute atomic E-state index is 0.0117. The molecule has 3 fully saturated rings. The van der Waals surface area contributed by atoms with Gasteiger partial charge in [-0.05, 0) is 85.7 Å². The molecule has 2 aliphatic carbocycles. The maximum atomic E-state index is 12.8. The lowest BCUT2D eigenvalue weighted by atomic mass is 9.72. The van der Waals surface area contributed by atoms with E-state index in [1.54, 1.807) is 22.6 Å². The molecule has 0 N–H and O–H groups in total. The molecule has 4 aliphatic rings. The third kappa shape index (κ3) is 7.00. The first-order valence-electron chi connectivity index (χ1n) is 17.9. The second-order valence-electron chi connectivity index (χ2n) is 15.6. The Morgan fingerprint density at radius 3 is 2.67 bits per heavy atom. The quantitative estimate of drug-likeness (QED) is 0.232. The van der Waals surface area contributed by atoms with Crippen LogP contribution >= 0.6 is 11.3 Å². The number of aromatic nitrogens is 4. The van der Waals surface area contributed by atoms with Crippen molar-refractivity contribution in [2.75, 3.05) is 58.8 Å². The molecule has 3 unspecified atom stereocenters. The largest absolute Gasteiger partial charge is 0.458 e. The van der Waals surface area contributed by atoms with E-state index in [1.165, 1.54) is 6.42 Å². The Bertz CT molecular complexity index is 1840. The van der Waals surface area contributed by atoms with Gasteiger partial charge in [0.15, 0.2) is 0 Å². The number of ether oxygens (including phenoxy) is 2. The first kappa shape index (κ1) is 35.1. The molecule has 14 nitrogen and oxygen atoms in total. The minimum Gasteiger partial charge on any atom is -0.458 e. The molecule has 0 aromatic carbocycles. The molecule has 0 radical (unpaired) electrons. The summed E-state index contributed by atoms with van der Waals surface area (Å²) in [6, 6.07) is 4.92. The van der Waals surface area contributed by atoms with E-state index in [9.17, 15) is 10.1 Å². The van der Waals surface area contributed by atoms with Crippen molar-refractivity contribution in [1.82, 2.24) is 34.8 Å². The predicted octanol–water partition coefficient (Wildman–Crippen LogP) is 5.24. The van der Waals surface area contributed by atoms with E-state index >= 15 is 0 Å². The molecule has 0 bridgehead atoms. The molecule has 2 aliphatic heterocycles. The smallest absolute Gasteiger partial charge is 0.410 e. The zero-order chi connectivity index (χ0) is 36.1. The average Bonchev–Trinajstić information content (AvgIpc) is 3.89. The van der Waals surface area contributed by atoms with E-state index in [2.05, 4.69) is 40.0 Å². The van der Waals surface area contributed by atoms with Gasteiger partial charge >= 0.3 is 12.1 Å². The third-order valence-corrected chi connectivity index (χ3v) is 11.6. The normalized spacial score (nSPS) is 25.2. The lowest BCUT2D eigenvalue weighted by Gasteiger charge is -2.36. The highest BCUT2D eigenvalue weighted by molar-refractivity contribution is 7.16. The van der Waals surface area contributed by atoms with E-state index in [0.29, 0.717) is 71.9 Å². The van der Waals surface area contributed by atoms with E-state index in [0.717, 1.165) is 49.1 Å². The molecule has 5 heterocycles. The topological polar surface area (TPSA) is 149 Å². The number of piperazine rings is 1. The van der Waals surface area contributed by atoms with Crippen molar-refractivity contribution >= 4 is 34.6 Å². The molecule has 15 heteroatoms. The van der Waals surface area contributed by atoms with Crippen molar-refractivity contribution < 1.29 is 18.8 Å². The highest BCUT2D eigenvalue weighted by atomic mass is 32.1. The van der Waals surface area contributed by atoms with Gasteiger partial charge in [0.1, 0.15) is 34.3 Å². The molecule has 7 rings (SSSR count). The van der Waals surface area contributed by atoms with E-state index in [4.69, 9.17) is 28.9 Å². The van der Waals surface area contributed by atoms with Crippen LogP contribution in [0.1, 0.15) is 81.7 Å². The fourth-order valence-corrected chi connectivity index (χ4v) is 9.29. The Kier molecular flexibility index (Phi) is 9.43. The summed E-state index contributed by atoms with van der Waals surface area (Å²) >= 11 is 1.56. The fourth-order valence-electron chi connectivity index (χ4n) is 8.03. The molecule has 0 spiro atoms. The van der Waals surface area contributed by atoms with Crippen LogP contribution in [0.3, 0.4) is 0 Å². The van der Waals surface area contributed by atoms with Crippen LogP contribution in [0.4, 0.5) is 15.6 Å². The van der Waals surface area contributed by atoms with Crippen LogP contribution in [-0.4, -0.2) is 119 Å². The number of thiophene rings is 1. The number of hydrogen-bond donors (Lipinski definition) is 0. The van der Waals surface area contributed by atoms with Crippen molar-refractivity contribution in [3.8, 4) is 23.6 Å². The first-order chi connectivity index (χ1) is 24.3. The lowest BCUT2D eigenvalue weighted by Crippen LogP contribution is -2.50. The standard InChI is InChI=1S/C36H48N10O4S/c1-35(2,3)49-34(47)46-17-15-45(16-18-46)27-19-24(39-33(40-27)48-25-11-10-22-12-14-44(7)29(22)25)30-41-32(50-42-30)36(4)13-8-9-26-28(36)23(20-37)31(51-26)38-21-43(5)6/h19,21-22,25,29H,8-18H2,1-7H3/b38-21+/t22?,25?,29?,36-/m0/s1. The molecule has 51 heavy (non-hydrogen) atoms. The van der Waals surface area contributed by atoms with Gasteiger partial charge in [-0.15, -0.1) is 11.3 Å². The van der Waals surface area contributed by atoms with Crippen LogP contribution in [0.25, 0.3) is 11.5 Å². The summed E-state index contributed by atoms with van der Waals surface area (Å²) in [6.45, 7) is 10.9. The number of amides is 1. The zero-order valence-electron chi connectivity index (χ0n) is 30.7. The number of carbonyl (C=O) groups excluding carboxylic acids is 1.